The Hall–Kier alpha value is -1.77. The first-order valence-corrected chi connectivity index (χ1v) is 6.86. The maximum atomic E-state index is 10.9. The summed E-state index contributed by atoms with van der Waals surface area (Å²) in [6.07, 6.45) is 2.00. The molecule has 17 heavy (non-hydrogen) atoms. The van der Waals surface area contributed by atoms with Crippen molar-refractivity contribution in [2.75, 3.05) is 0 Å². The number of benzene rings is 1. The van der Waals surface area contributed by atoms with Crippen molar-refractivity contribution in [3.63, 3.8) is 0 Å². The van der Waals surface area contributed by atoms with E-state index in [1.165, 1.54) is 5.39 Å². The van der Waals surface area contributed by atoms with Crippen LogP contribution in [0.2, 0.25) is 0 Å². The molecule has 3 aromatic rings. The van der Waals surface area contributed by atoms with Gasteiger partial charge >= 0.3 is 104 Å². The Morgan fingerprint density at radius 2 is 1.94 bits per heavy atom. The topological polar surface area (TPSA) is 42.2 Å². The van der Waals surface area contributed by atoms with Crippen molar-refractivity contribution in [3.05, 3.63) is 53.1 Å². The van der Waals surface area contributed by atoms with Crippen molar-refractivity contribution >= 4 is 31.4 Å². The van der Waals surface area contributed by atoms with Crippen molar-refractivity contribution in [1.29, 1.82) is 0 Å². The van der Waals surface area contributed by atoms with Crippen molar-refractivity contribution in [1.82, 2.24) is 4.57 Å². The summed E-state index contributed by atoms with van der Waals surface area (Å²) in [7, 11) is 0. The fourth-order valence-corrected chi connectivity index (χ4v) is 3.61. The molecule has 4 heteroatoms. The molecule has 2 heterocycles. The first-order chi connectivity index (χ1) is 8.25. The summed E-state index contributed by atoms with van der Waals surface area (Å²) in [6.45, 7) is 0. The number of hydrogen-bond donors (Lipinski definition) is 1. The SMILES string of the molecule is O=C(O)c1ccc(-n2ccc3ccccc32)[se]1. The Morgan fingerprint density at radius 1 is 1.12 bits per heavy atom. The van der Waals surface area contributed by atoms with E-state index in [1.54, 1.807) is 6.07 Å². The van der Waals surface area contributed by atoms with Crippen molar-refractivity contribution in [2.24, 2.45) is 0 Å². The van der Waals surface area contributed by atoms with Gasteiger partial charge in [0.05, 0.1) is 0 Å². The molecule has 0 aliphatic rings. The molecule has 1 N–H and O–H groups in total. The van der Waals surface area contributed by atoms with Crippen LogP contribution in [0.5, 0.6) is 0 Å². The molecule has 0 unspecified atom stereocenters. The summed E-state index contributed by atoms with van der Waals surface area (Å²) in [5, 5.41) is 10.1. The van der Waals surface area contributed by atoms with Crippen LogP contribution >= 0.6 is 0 Å². The quantitative estimate of drug-likeness (QED) is 0.736. The number of carboxylic acid groups (broad SMARTS) is 1. The van der Waals surface area contributed by atoms with Crippen molar-refractivity contribution in [2.45, 2.75) is 0 Å². The van der Waals surface area contributed by atoms with Crippen LogP contribution in [0.3, 0.4) is 0 Å². The fourth-order valence-electron chi connectivity index (χ4n) is 1.85. The second kappa shape index (κ2) is 3.91. The zero-order valence-electron chi connectivity index (χ0n) is 8.83. The van der Waals surface area contributed by atoms with Gasteiger partial charge in [-0.2, -0.15) is 0 Å². The third-order valence-electron chi connectivity index (χ3n) is 2.64. The van der Waals surface area contributed by atoms with E-state index in [-0.39, 0.29) is 14.5 Å². The van der Waals surface area contributed by atoms with Crippen LogP contribution in [0.25, 0.3) is 15.5 Å². The number of hydrogen-bond acceptors (Lipinski definition) is 1. The monoisotopic (exact) mass is 291 g/mol. The minimum absolute atomic E-state index is 0.117. The van der Waals surface area contributed by atoms with Gasteiger partial charge in [0.1, 0.15) is 0 Å². The average Bonchev–Trinajstić information content (AvgIpc) is 2.95. The molecule has 84 valence electrons. The van der Waals surface area contributed by atoms with Gasteiger partial charge in [0, 0.05) is 0 Å². The summed E-state index contributed by atoms with van der Waals surface area (Å²) in [5.41, 5.74) is 1.13. The average molecular weight is 290 g/mol. The molecule has 0 spiro atoms. The van der Waals surface area contributed by atoms with Crippen molar-refractivity contribution < 1.29 is 9.90 Å². The molecule has 0 atom stereocenters. The van der Waals surface area contributed by atoms with Gasteiger partial charge in [-0.3, -0.25) is 0 Å². The molecular weight excluding hydrogens is 281 g/mol. The number of fused-ring (bicyclic) bond motifs is 1. The summed E-state index contributed by atoms with van der Waals surface area (Å²) in [6, 6.07) is 13.7. The van der Waals surface area contributed by atoms with Crippen molar-refractivity contribution in [3.8, 4) is 4.56 Å². The zero-order chi connectivity index (χ0) is 11.8. The van der Waals surface area contributed by atoms with Gasteiger partial charge in [-0.25, -0.2) is 0 Å². The van der Waals surface area contributed by atoms with Gasteiger partial charge < -0.3 is 0 Å². The normalized spacial score (nSPS) is 10.8. The standard InChI is InChI=1S/C13H9NO2Se/c15-13(16)11-5-6-12(17-11)14-8-7-9-3-1-2-4-10(9)14/h1-8H,(H,15,16). The number of rotatable bonds is 2. The Labute approximate surface area is 104 Å². The van der Waals surface area contributed by atoms with Crippen LogP contribution in [0.4, 0.5) is 0 Å². The molecule has 0 radical (unpaired) electrons. The first kappa shape index (κ1) is 10.4. The van der Waals surface area contributed by atoms with E-state index in [9.17, 15) is 4.79 Å². The van der Waals surface area contributed by atoms with E-state index in [0.717, 1.165) is 10.1 Å². The van der Waals surface area contributed by atoms with Crippen LogP contribution in [0.15, 0.2) is 48.7 Å². The second-order valence-corrected chi connectivity index (χ2v) is 5.92. The molecule has 0 bridgehead atoms. The fraction of sp³-hybridized carbons (Fsp3) is 0. The van der Waals surface area contributed by atoms with Crippen LogP contribution in [0.1, 0.15) is 9.23 Å². The van der Waals surface area contributed by atoms with Gasteiger partial charge in [0.2, 0.25) is 0 Å². The zero-order valence-corrected chi connectivity index (χ0v) is 10.5. The number of para-hydroxylation sites is 1. The van der Waals surface area contributed by atoms with E-state index in [2.05, 4.69) is 10.6 Å². The Morgan fingerprint density at radius 3 is 2.71 bits per heavy atom. The van der Waals surface area contributed by atoms with E-state index in [4.69, 9.17) is 5.11 Å². The van der Waals surface area contributed by atoms with Crippen LogP contribution in [-0.4, -0.2) is 30.1 Å². The number of carbonyl (C=O) groups is 1. The minimum atomic E-state index is -0.812. The molecule has 0 saturated heterocycles. The van der Waals surface area contributed by atoms with Gasteiger partial charge in [0.25, 0.3) is 0 Å². The van der Waals surface area contributed by atoms with E-state index in [0.29, 0.717) is 4.44 Å². The number of carboxylic acids is 1. The summed E-state index contributed by atoms with van der Waals surface area (Å²) in [5.74, 6) is -0.812. The molecule has 2 aromatic heterocycles. The number of aromatic nitrogens is 1. The molecule has 0 saturated carbocycles. The molecule has 3 rings (SSSR count). The molecule has 3 nitrogen and oxygen atoms in total. The molecule has 0 amide bonds. The number of aromatic carboxylic acids is 1. The third kappa shape index (κ3) is 1.71. The van der Waals surface area contributed by atoms with Gasteiger partial charge in [0.15, 0.2) is 0 Å². The van der Waals surface area contributed by atoms with E-state index in [1.807, 2.05) is 36.5 Å². The summed E-state index contributed by atoms with van der Waals surface area (Å²) >= 11 is -0.117. The van der Waals surface area contributed by atoms with Crippen LogP contribution in [0, 0.1) is 0 Å². The third-order valence-corrected chi connectivity index (χ3v) is 4.89. The summed E-state index contributed by atoms with van der Waals surface area (Å²) < 4.78 is 3.64. The predicted molar refractivity (Wildman–Crippen MR) is 67.2 cm³/mol. The second-order valence-electron chi connectivity index (χ2n) is 3.69. The predicted octanol–water partition coefficient (Wildman–Crippen LogP) is 2.39. The Kier molecular flexibility index (Phi) is 2.39. The first-order valence-electron chi connectivity index (χ1n) is 5.15. The van der Waals surface area contributed by atoms with E-state index >= 15 is 0 Å². The molecule has 1 aromatic carbocycles. The van der Waals surface area contributed by atoms with Crippen LogP contribution < -0.4 is 0 Å². The van der Waals surface area contributed by atoms with Crippen LogP contribution in [-0.2, 0) is 0 Å². The molecular formula is C13H9NO2Se. The van der Waals surface area contributed by atoms with E-state index < -0.39 is 5.97 Å². The Bertz CT molecular complexity index is 696. The van der Waals surface area contributed by atoms with Gasteiger partial charge in [-0.1, -0.05) is 0 Å². The number of nitrogens with zero attached hydrogens (tertiary/aromatic N) is 1. The molecule has 0 fully saturated rings. The molecule has 0 aliphatic carbocycles. The molecule has 0 aliphatic heterocycles. The Balaban J connectivity index is 2.17. The van der Waals surface area contributed by atoms with Gasteiger partial charge in [-0.15, -0.1) is 0 Å². The summed E-state index contributed by atoms with van der Waals surface area (Å²) in [4.78, 5) is 10.9. The maximum absolute atomic E-state index is 10.9. The van der Waals surface area contributed by atoms with Gasteiger partial charge in [-0.05, 0) is 0 Å².